The van der Waals surface area contributed by atoms with Crippen LogP contribution in [-0.4, -0.2) is 21.5 Å². The van der Waals surface area contributed by atoms with E-state index in [4.69, 9.17) is 15.8 Å². The van der Waals surface area contributed by atoms with Crippen LogP contribution in [0, 0.1) is 19.3 Å². The molecule has 0 aliphatic carbocycles. The molecule has 0 heterocycles. The first-order chi connectivity index (χ1) is 6.00. The van der Waals surface area contributed by atoms with E-state index in [1.807, 2.05) is 19.9 Å². The molecule has 1 aromatic rings. The zero-order chi connectivity index (χ0) is 10.0. The molecule has 0 radical (unpaired) electrons. The Morgan fingerprint density at radius 2 is 1.62 bits per heavy atom. The van der Waals surface area contributed by atoms with E-state index in [2.05, 4.69) is 0 Å². The van der Waals surface area contributed by atoms with E-state index >= 15 is 0 Å². The van der Waals surface area contributed by atoms with Crippen LogP contribution < -0.4 is 0 Å². The third-order valence-electron chi connectivity index (χ3n) is 1.70. The Kier molecular flexibility index (Phi) is 2.65. The lowest BCUT2D eigenvalue weighted by molar-refractivity contribution is -0.244. The minimum atomic E-state index is -0.327. The number of nitrogens with zero attached hydrogens (tertiary/aromatic N) is 1. The lowest BCUT2D eigenvalue weighted by Gasteiger charge is -2.10. The normalized spacial score (nSPS) is 9.85. The molecule has 1 aromatic carbocycles. The summed E-state index contributed by atoms with van der Waals surface area (Å²) in [6, 6.07) is 5.39. The second-order valence-electron chi connectivity index (χ2n) is 3.01. The second kappa shape index (κ2) is 3.55. The first kappa shape index (κ1) is 9.70. The number of hydroxylamine groups is 2. The molecule has 0 spiro atoms. The molecule has 0 aliphatic rings. The van der Waals surface area contributed by atoms with Gasteiger partial charge in [0.15, 0.2) is 5.84 Å². The van der Waals surface area contributed by atoms with Gasteiger partial charge in [-0.15, -0.1) is 5.23 Å². The first-order valence-corrected chi connectivity index (χ1v) is 3.86. The first-order valence-electron chi connectivity index (χ1n) is 3.86. The molecule has 0 fully saturated rings. The van der Waals surface area contributed by atoms with Gasteiger partial charge in [0.25, 0.3) is 0 Å². The summed E-state index contributed by atoms with van der Waals surface area (Å²) >= 11 is 0. The lowest BCUT2D eigenvalue weighted by Crippen LogP contribution is -2.23. The van der Waals surface area contributed by atoms with Crippen molar-refractivity contribution >= 4 is 5.84 Å². The second-order valence-corrected chi connectivity index (χ2v) is 3.01. The zero-order valence-corrected chi connectivity index (χ0v) is 7.57. The molecule has 0 aromatic heterocycles. The third kappa shape index (κ3) is 2.27. The molecule has 13 heavy (non-hydrogen) atoms. The number of hydrogen-bond acceptors (Lipinski definition) is 3. The molecule has 0 saturated carbocycles. The third-order valence-corrected chi connectivity index (χ3v) is 1.70. The summed E-state index contributed by atoms with van der Waals surface area (Å²) in [5.74, 6) is -0.327. The summed E-state index contributed by atoms with van der Waals surface area (Å²) < 4.78 is 0. The Morgan fingerprint density at radius 1 is 1.15 bits per heavy atom. The molecular formula is C9H12N2O2. The smallest absolute Gasteiger partial charge is 0.183 e. The number of hydrogen-bond donors (Lipinski definition) is 3. The number of benzene rings is 1. The van der Waals surface area contributed by atoms with Crippen LogP contribution in [0.15, 0.2) is 18.2 Å². The fourth-order valence-corrected chi connectivity index (χ4v) is 1.23. The average Bonchev–Trinajstić information content (AvgIpc) is 2.01. The Labute approximate surface area is 76.5 Å². The van der Waals surface area contributed by atoms with Gasteiger partial charge >= 0.3 is 0 Å². The van der Waals surface area contributed by atoms with E-state index in [0.29, 0.717) is 5.56 Å². The van der Waals surface area contributed by atoms with Gasteiger partial charge in [-0.25, -0.2) is 0 Å². The summed E-state index contributed by atoms with van der Waals surface area (Å²) in [6.45, 7) is 3.78. The maximum Gasteiger partial charge on any atom is 0.183 e. The predicted molar refractivity (Wildman–Crippen MR) is 48.2 cm³/mol. The Bertz CT molecular complexity index is 314. The maximum absolute atomic E-state index is 8.62. The predicted octanol–water partition coefficient (Wildman–Crippen LogP) is 1.71. The largest absolute Gasteiger partial charge is 0.280 e. The molecule has 4 heteroatoms. The quantitative estimate of drug-likeness (QED) is 0.350. The van der Waals surface area contributed by atoms with Crippen molar-refractivity contribution in [2.24, 2.45) is 0 Å². The summed E-state index contributed by atoms with van der Waals surface area (Å²) in [7, 11) is 0. The summed E-state index contributed by atoms with van der Waals surface area (Å²) in [4.78, 5) is 0. The topological polar surface area (TPSA) is 67.6 Å². The lowest BCUT2D eigenvalue weighted by atomic mass is 10.1. The summed E-state index contributed by atoms with van der Waals surface area (Å²) in [6.07, 6.45) is 0. The molecule has 4 nitrogen and oxygen atoms in total. The standard InChI is InChI=1S/C9H12N2O2/c1-6-3-7(2)5-8(4-6)9(10)11(12)13/h3-5,10,12-13H,1-2H3. The van der Waals surface area contributed by atoms with Crippen LogP contribution in [0.4, 0.5) is 0 Å². The van der Waals surface area contributed by atoms with Crippen molar-refractivity contribution in [3.63, 3.8) is 0 Å². The van der Waals surface area contributed by atoms with Crippen LogP contribution >= 0.6 is 0 Å². The molecule has 70 valence electrons. The minimum absolute atomic E-state index is 0.186. The van der Waals surface area contributed by atoms with Gasteiger partial charge in [-0.05, 0) is 26.0 Å². The molecule has 3 N–H and O–H groups in total. The van der Waals surface area contributed by atoms with Gasteiger partial charge in [0.05, 0.1) is 0 Å². The molecular weight excluding hydrogens is 168 g/mol. The van der Waals surface area contributed by atoms with E-state index in [1.165, 1.54) is 0 Å². The maximum atomic E-state index is 8.62. The van der Waals surface area contributed by atoms with Crippen molar-refractivity contribution < 1.29 is 10.4 Å². The van der Waals surface area contributed by atoms with Gasteiger partial charge in [0.2, 0.25) is 0 Å². The van der Waals surface area contributed by atoms with Crippen LogP contribution in [0.25, 0.3) is 0 Å². The fourth-order valence-electron chi connectivity index (χ4n) is 1.23. The minimum Gasteiger partial charge on any atom is -0.280 e. The van der Waals surface area contributed by atoms with Crippen LogP contribution in [0.3, 0.4) is 0 Å². The van der Waals surface area contributed by atoms with Crippen molar-refractivity contribution in [2.75, 3.05) is 0 Å². The van der Waals surface area contributed by atoms with Crippen molar-refractivity contribution in [3.8, 4) is 0 Å². The molecule has 0 bridgehead atoms. The van der Waals surface area contributed by atoms with Gasteiger partial charge in [-0.2, -0.15) is 0 Å². The zero-order valence-electron chi connectivity index (χ0n) is 7.57. The van der Waals surface area contributed by atoms with Crippen LogP contribution in [0.1, 0.15) is 16.7 Å². The molecule has 0 amide bonds. The van der Waals surface area contributed by atoms with Crippen LogP contribution in [0.2, 0.25) is 0 Å². The van der Waals surface area contributed by atoms with E-state index in [1.54, 1.807) is 12.1 Å². The van der Waals surface area contributed by atoms with E-state index in [0.717, 1.165) is 11.1 Å². The van der Waals surface area contributed by atoms with E-state index < -0.39 is 0 Å². The Hall–Kier alpha value is -1.39. The highest BCUT2D eigenvalue weighted by Crippen LogP contribution is 2.09. The van der Waals surface area contributed by atoms with E-state index in [-0.39, 0.29) is 11.1 Å². The monoisotopic (exact) mass is 180 g/mol. The SMILES string of the molecule is Cc1cc(C)cc(C(=N)N(O)O)c1. The highest BCUT2D eigenvalue weighted by Gasteiger charge is 2.07. The Morgan fingerprint density at radius 3 is 2.00 bits per heavy atom. The Balaban J connectivity index is 3.08. The van der Waals surface area contributed by atoms with Crippen molar-refractivity contribution in [1.82, 2.24) is 5.23 Å². The number of rotatable bonds is 1. The highest BCUT2D eigenvalue weighted by molar-refractivity contribution is 5.95. The van der Waals surface area contributed by atoms with E-state index in [9.17, 15) is 0 Å². The van der Waals surface area contributed by atoms with Crippen molar-refractivity contribution in [1.29, 1.82) is 5.41 Å². The summed E-state index contributed by atoms with van der Waals surface area (Å²) in [5, 5.41) is 24.4. The summed E-state index contributed by atoms with van der Waals surface area (Å²) in [5.41, 5.74) is 2.46. The molecule has 0 atom stereocenters. The van der Waals surface area contributed by atoms with Crippen LogP contribution in [0.5, 0.6) is 0 Å². The molecule has 1 rings (SSSR count). The molecule has 0 aliphatic heterocycles. The van der Waals surface area contributed by atoms with Gasteiger partial charge in [0, 0.05) is 5.56 Å². The van der Waals surface area contributed by atoms with Gasteiger partial charge in [0.1, 0.15) is 0 Å². The number of nitrogens with one attached hydrogen (secondary N) is 1. The fraction of sp³-hybridized carbons (Fsp3) is 0.222. The number of aryl methyl sites for hydroxylation is 2. The molecule has 0 unspecified atom stereocenters. The van der Waals surface area contributed by atoms with Gasteiger partial charge < -0.3 is 0 Å². The molecule has 0 saturated heterocycles. The number of amidine groups is 1. The highest BCUT2D eigenvalue weighted by atomic mass is 16.8. The van der Waals surface area contributed by atoms with Crippen molar-refractivity contribution in [3.05, 3.63) is 34.9 Å². The van der Waals surface area contributed by atoms with Crippen LogP contribution in [-0.2, 0) is 0 Å². The van der Waals surface area contributed by atoms with Gasteiger partial charge in [-0.1, -0.05) is 17.2 Å². The van der Waals surface area contributed by atoms with Gasteiger partial charge in [-0.3, -0.25) is 15.8 Å². The average molecular weight is 180 g/mol. The van der Waals surface area contributed by atoms with Crippen molar-refractivity contribution in [2.45, 2.75) is 13.8 Å².